The molecule has 158 valence electrons. The van der Waals surface area contributed by atoms with Gasteiger partial charge in [-0.05, 0) is 67.7 Å². The van der Waals surface area contributed by atoms with Crippen molar-refractivity contribution in [1.82, 2.24) is 9.91 Å². The summed E-state index contributed by atoms with van der Waals surface area (Å²) in [6.07, 6.45) is 10.0. The third kappa shape index (κ3) is 2.25. The predicted octanol–water partition coefficient (Wildman–Crippen LogP) is 4.81. The van der Waals surface area contributed by atoms with Crippen molar-refractivity contribution in [1.29, 1.82) is 0 Å². The molecular weight excluding hydrogens is 396 g/mol. The van der Waals surface area contributed by atoms with E-state index in [-0.39, 0.29) is 11.9 Å². The van der Waals surface area contributed by atoms with E-state index < -0.39 is 5.54 Å². The predicted molar refractivity (Wildman–Crippen MR) is 127 cm³/mol. The molecule has 4 aliphatic rings. The number of hydrogen-bond donors (Lipinski definition) is 0. The molecule has 2 aromatic carbocycles. The number of amides is 1. The zero-order valence-corrected chi connectivity index (χ0v) is 18.6. The van der Waals surface area contributed by atoms with Crippen molar-refractivity contribution in [2.24, 2.45) is 10.1 Å². The van der Waals surface area contributed by atoms with Crippen LogP contribution in [0.15, 0.2) is 76.6 Å². The van der Waals surface area contributed by atoms with Crippen LogP contribution in [-0.4, -0.2) is 32.9 Å². The molecule has 1 amide bonds. The number of hydrazone groups is 1. The molecule has 0 bridgehead atoms. The second-order valence-electron chi connectivity index (χ2n) is 9.02. The van der Waals surface area contributed by atoms with E-state index in [4.69, 9.17) is 5.10 Å². The maximum atomic E-state index is 14.0. The number of nitrogens with zero attached hydrogens (tertiary/aromatic N) is 4. The van der Waals surface area contributed by atoms with Crippen LogP contribution in [-0.2, 0) is 4.79 Å². The van der Waals surface area contributed by atoms with Crippen molar-refractivity contribution in [3.05, 3.63) is 99.9 Å². The molecule has 0 aliphatic carbocycles. The van der Waals surface area contributed by atoms with Crippen molar-refractivity contribution >= 4 is 23.5 Å². The first-order valence-corrected chi connectivity index (χ1v) is 10.9. The Balaban J connectivity index is 1.67. The molecule has 1 spiro atoms. The van der Waals surface area contributed by atoms with E-state index in [0.717, 1.165) is 39.1 Å². The number of carbonyl (C=O) groups is 1. The highest BCUT2D eigenvalue weighted by Crippen LogP contribution is 2.52. The highest BCUT2D eigenvalue weighted by molar-refractivity contribution is 6.31. The average molecular weight is 421 g/mol. The molecule has 0 saturated carbocycles. The normalized spacial score (nSPS) is 24.9. The van der Waals surface area contributed by atoms with Gasteiger partial charge in [-0.25, -0.2) is 0 Å². The average Bonchev–Trinajstić information content (AvgIpc) is 3.25. The number of carbonyl (C=O) groups excluding carboxylic acids is 1. The summed E-state index contributed by atoms with van der Waals surface area (Å²) in [6, 6.07) is 12.3. The monoisotopic (exact) mass is 420 g/mol. The van der Waals surface area contributed by atoms with Crippen molar-refractivity contribution in [2.75, 3.05) is 0 Å². The summed E-state index contributed by atoms with van der Waals surface area (Å²) in [5.41, 5.74) is 7.34. The molecule has 5 heteroatoms. The van der Waals surface area contributed by atoms with Gasteiger partial charge in [-0.15, -0.1) is 0 Å². The summed E-state index contributed by atoms with van der Waals surface area (Å²) in [4.78, 5) is 20.7. The first-order valence-electron chi connectivity index (χ1n) is 10.9. The van der Waals surface area contributed by atoms with Gasteiger partial charge >= 0.3 is 0 Å². The van der Waals surface area contributed by atoms with E-state index in [9.17, 15) is 4.79 Å². The fourth-order valence-corrected chi connectivity index (χ4v) is 5.70. The zero-order valence-electron chi connectivity index (χ0n) is 18.6. The van der Waals surface area contributed by atoms with Crippen LogP contribution < -0.4 is 0 Å². The highest BCUT2D eigenvalue weighted by atomic mass is 16.2. The standard InChI is InChI=1S/C27H24N4O/c1-16-14-18(3)22(19(4)15-16)23-27(26(32)28-25-17(2)8-7-12-30(25)27)24-21-10-6-5-9-20(21)11-13-31(24)29-23/h5-15,24H,1-4H3. The maximum Gasteiger partial charge on any atom is 0.282 e. The Kier molecular flexibility index (Phi) is 3.79. The lowest BCUT2D eigenvalue weighted by molar-refractivity contribution is -0.123. The molecule has 2 aromatic rings. The molecule has 5 nitrogen and oxygen atoms in total. The lowest BCUT2D eigenvalue weighted by Gasteiger charge is -2.42. The Bertz CT molecular complexity index is 1340. The molecule has 6 rings (SSSR count). The Morgan fingerprint density at radius 3 is 2.53 bits per heavy atom. The molecule has 2 unspecified atom stereocenters. The Labute approximate surface area is 187 Å². The summed E-state index contributed by atoms with van der Waals surface area (Å²) >= 11 is 0. The van der Waals surface area contributed by atoms with Crippen molar-refractivity contribution in [2.45, 2.75) is 39.3 Å². The number of amidine groups is 1. The van der Waals surface area contributed by atoms with Crippen LogP contribution in [0.1, 0.15) is 46.3 Å². The van der Waals surface area contributed by atoms with E-state index >= 15 is 0 Å². The van der Waals surface area contributed by atoms with Crippen LogP contribution in [0.2, 0.25) is 0 Å². The fourth-order valence-electron chi connectivity index (χ4n) is 5.70. The topological polar surface area (TPSA) is 48.3 Å². The summed E-state index contributed by atoms with van der Waals surface area (Å²) in [5.74, 6) is 0.545. The first kappa shape index (κ1) is 19.0. The molecule has 0 N–H and O–H groups in total. The summed E-state index contributed by atoms with van der Waals surface area (Å²) < 4.78 is 0. The van der Waals surface area contributed by atoms with Gasteiger partial charge in [0.2, 0.25) is 0 Å². The van der Waals surface area contributed by atoms with Crippen molar-refractivity contribution < 1.29 is 4.79 Å². The van der Waals surface area contributed by atoms with Crippen LogP contribution in [0.4, 0.5) is 0 Å². The van der Waals surface area contributed by atoms with E-state index in [2.05, 4.69) is 61.0 Å². The quantitative estimate of drug-likeness (QED) is 0.665. The Hall–Kier alpha value is -3.73. The van der Waals surface area contributed by atoms with Gasteiger partial charge in [-0.3, -0.25) is 9.80 Å². The van der Waals surface area contributed by atoms with E-state index in [1.807, 2.05) is 48.6 Å². The number of allylic oxidation sites excluding steroid dienone is 2. The van der Waals surface area contributed by atoms with E-state index in [0.29, 0.717) is 5.84 Å². The minimum atomic E-state index is -1.06. The van der Waals surface area contributed by atoms with Gasteiger partial charge in [-0.1, -0.05) is 48.0 Å². The molecule has 4 aliphatic heterocycles. The van der Waals surface area contributed by atoms with E-state index in [1.54, 1.807) is 0 Å². The van der Waals surface area contributed by atoms with Gasteiger partial charge < -0.3 is 4.90 Å². The second-order valence-corrected chi connectivity index (χ2v) is 9.02. The van der Waals surface area contributed by atoms with E-state index in [1.165, 1.54) is 5.56 Å². The first-order chi connectivity index (χ1) is 15.4. The smallest absolute Gasteiger partial charge is 0.282 e. The third-order valence-electron chi connectivity index (χ3n) is 6.92. The lowest BCUT2D eigenvalue weighted by atomic mass is 9.74. The molecule has 0 radical (unpaired) electrons. The molecule has 4 heterocycles. The van der Waals surface area contributed by atoms with Crippen LogP contribution >= 0.6 is 0 Å². The van der Waals surface area contributed by atoms with Crippen LogP contribution in [0, 0.1) is 20.8 Å². The molecule has 0 fully saturated rings. The minimum Gasteiger partial charge on any atom is -0.310 e. The van der Waals surface area contributed by atoms with Crippen molar-refractivity contribution in [3.8, 4) is 0 Å². The number of rotatable bonds is 1. The zero-order chi connectivity index (χ0) is 22.2. The second kappa shape index (κ2) is 6.39. The van der Waals surface area contributed by atoms with Gasteiger partial charge in [-0.2, -0.15) is 10.1 Å². The van der Waals surface area contributed by atoms with Gasteiger partial charge in [0.25, 0.3) is 5.91 Å². The largest absolute Gasteiger partial charge is 0.310 e. The Morgan fingerprint density at radius 1 is 1.00 bits per heavy atom. The number of benzene rings is 2. The number of aliphatic imine (C=N–C) groups is 1. The van der Waals surface area contributed by atoms with Gasteiger partial charge in [0, 0.05) is 18.0 Å². The molecule has 0 aromatic heterocycles. The summed E-state index contributed by atoms with van der Waals surface area (Å²) in [5, 5.41) is 7.06. The molecule has 2 atom stereocenters. The van der Waals surface area contributed by atoms with Crippen LogP contribution in [0.3, 0.4) is 0 Å². The van der Waals surface area contributed by atoms with Gasteiger partial charge in [0.1, 0.15) is 17.6 Å². The minimum absolute atomic E-state index is 0.164. The molecule has 0 saturated heterocycles. The highest BCUT2D eigenvalue weighted by Gasteiger charge is 2.65. The summed E-state index contributed by atoms with van der Waals surface area (Å²) in [7, 11) is 0. The van der Waals surface area contributed by atoms with Crippen LogP contribution in [0.25, 0.3) is 6.08 Å². The van der Waals surface area contributed by atoms with Gasteiger partial charge in [0.15, 0.2) is 5.54 Å². The third-order valence-corrected chi connectivity index (χ3v) is 6.92. The molecular formula is C27H24N4O. The van der Waals surface area contributed by atoms with Crippen molar-refractivity contribution in [3.63, 3.8) is 0 Å². The Morgan fingerprint density at radius 2 is 1.75 bits per heavy atom. The number of fused-ring (bicyclic) bond motifs is 6. The SMILES string of the molecule is CC1=CC=CN2C1=NC(=O)C21C(c2c(C)cc(C)cc2C)=NN2C=Cc3ccccc3C21. The maximum absolute atomic E-state index is 14.0. The van der Waals surface area contributed by atoms with Crippen LogP contribution in [0.5, 0.6) is 0 Å². The lowest BCUT2D eigenvalue weighted by Crippen LogP contribution is -2.59. The number of hydrogen-bond acceptors (Lipinski definition) is 4. The fraction of sp³-hybridized carbons (Fsp3) is 0.222. The van der Waals surface area contributed by atoms with Gasteiger partial charge in [0.05, 0.1) is 0 Å². The summed E-state index contributed by atoms with van der Waals surface area (Å²) in [6.45, 7) is 8.31. The number of aryl methyl sites for hydroxylation is 3. The molecule has 32 heavy (non-hydrogen) atoms.